The topological polar surface area (TPSA) is 147 Å². The van der Waals surface area contributed by atoms with E-state index in [0.717, 1.165) is 18.2 Å². The van der Waals surface area contributed by atoms with E-state index in [2.05, 4.69) is 16.9 Å². The third-order valence-electron chi connectivity index (χ3n) is 3.02. The summed E-state index contributed by atoms with van der Waals surface area (Å²) < 4.78 is 9.69. The van der Waals surface area contributed by atoms with Crippen molar-refractivity contribution in [1.29, 1.82) is 0 Å². The monoisotopic (exact) mass is 361 g/mol. The highest BCUT2D eigenvalue weighted by Gasteiger charge is 2.13. The number of hydrogen-bond acceptors (Lipinski definition) is 7. The molecule has 0 spiro atoms. The van der Waals surface area contributed by atoms with Gasteiger partial charge in [0.2, 0.25) is 5.91 Å². The third kappa shape index (κ3) is 6.07. The van der Waals surface area contributed by atoms with Crippen molar-refractivity contribution in [2.24, 2.45) is 0 Å². The second-order valence-corrected chi connectivity index (χ2v) is 5.23. The Hall–Kier alpha value is -3.69. The van der Waals surface area contributed by atoms with Crippen molar-refractivity contribution >= 4 is 17.8 Å². The molecule has 0 bridgehead atoms. The summed E-state index contributed by atoms with van der Waals surface area (Å²) in [5.74, 6) is -2.01. The molecule has 0 unspecified atom stereocenters. The highest BCUT2D eigenvalue weighted by molar-refractivity contribution is 5.92. The fourth-order valence-corrected chi connectivity index (χ4v) is 2.00. The zero-order valence-electron chi connectivity index (χ0n) is 13.5. The van der Waals surface area contributed by atoms with Crippen LogP contribution in [0.25, 0.3) is 0 Å². The highest BCUT2D eigenvalue weighted by Crippen LogP contribution is 2.12. The van der Waals surface area contributed by atoms with E-state index < -0.39 is 23.2 Å². The number of aromatic nitrogens is 2. The van der Waals surface area contributed by atoms with Crippen LogP contribution < -0.4 is 16.6 Å². The maximum Gasteiger partial charge on any atom is 0.331 e. The summed E-state index contributed by atoms with van der Waals surface area (Å²) >= 11 is 0. The van der Waals surface area contributed by atoms with Gasteiger partial charge < -0.3 is 19.8 Å². The SMILES string of the molecule is C=C1CC(COC(=O)/C=C/C(=O)OCc2cc(=O)[nH]c(=O)[nH]2)=CC(=O)N1. The van der Waals surface area contributed by atoms with Crippen LogP contribution in [0.4, 0.5) is 0 Å². The molecule has 136 valence electrons. The lowest BCUT2D eigenvalue weighted by Crippen LogP contribution is -2.26. The molecular weight excluding hydrogens is 346 g/mol. The summed E-state index contributed by atoms with van der Waals surface area (Å²) in [6.45, 7) is 3.17. The number of carbonyl (C=O) groups excluding carboxylic acids is 3. The van der Waals surface area contributed by atoms with E-state index in [4.69, 9.17) is 9.47 Å². The number of hydrogen-bond donors (Lipinski definition) is 3. The van der Waals surface area contributed by atoms with Gasteiger partial charge in [-0.05, 0) is 5.57 Å². The minimum Gasteiger partial charge on any atom is -0.458 e. The van der Waals surface area contributed by atoms with E-state index in [1.165, 1.54) is 6.08 Å². The van der Waals surface area contributed by atoms with E-state index in [0.29, 0.717) is 17.7 Å². The van der Waals surface area contributed by atoms with E-state index in [-0.39, 0.29) is 24.8 Å². The Kier molecular flexibility index (Phi) is 6.04. The van der Waals surface area contributed by atoms with Crippen molar-refractivity contribution in [3.05, 3.63) is 68.7 Å². The third-order valence-corrected chi connectivity index (χ3v) is 3.02. The molecule has 1 aromatic heterocycles. The van der Waals surface area contributed by atoms with E-state index in [1.54, 1.807) is 0 Å². The second kappa shape index (κ2) is 8.42. The molecule has 1 aliphatic heterocycles. The predicted octanol–water partition coefficient (Wildman–Crippen LogP) is -0.834. The van der Waals surface area contributed by atoms with E-state index >= 15 is 0 Å². The van der Waals surface area contributed by atoms with Gasteiger partial charge >= 0.3 is 17.6 Å². The van der Waals surface area contributed by atoms with Crippen LogP contribution in [0.5, 0.6) is 0 Å². The van der Waals surface area contributed by atoms with Crippen LogP contribution in [-0.4, -0.2) is 34.4 Å². The zero-order chi connectivity index (χ0) is 19.1. The fraction of sp³-hybridized carbons (Fsp3) is 0.188. The Bertz CT molecular complexity index is 892. The smallest absolute Gasteiger partial charge is 0.331 e. The fourth-order valence-electron chi connectivity index (χ4n) is 2.00. The van der Waals surface area contributed by atoms with Crippen molar-refractivity contribution in [2.75, 3.05) is 6.61 Å². The lowest BCUT2D eigenvalue weighted by atomic mass is 10.1. The highest BCUT2D eigenvalue weighted by atomic mass is 16.5. The van der Waals surface area contributed by atoms with Crippen molar-refractivity contribution in [1.82, 2.24) is 15.3 Å². The van der Waals surface area contributed by atoms with Gasteiger partial charge in [-0.25, -0.2) is 14.4 Å². The number of allylic oxidation sites excluding steroid dienone is 1. The molecular formula is C16H15N3O7. The summed E-state index contributed by atoms with van der Waals surface area (Å²) in [6, 6.07) is 1.06. The van der Waals surface area contributed by atoms with Crippen LogP contribution in [0.1, 0.15) is 12.1 Å². The first kappa shape index (κ1) is 18.6. The molecule has 0 radical (unpaired) electrons. The van der Waals surface area contributed by atoms with Gasteiger partial charge in [0.15, 0.2) is 0 Å². The largest absolute Gasteiger partial charge is 0.458 e. The van der Waals surface area contributed by atoms with Gasteiger partial charge in [0, 0.05) is 36.4 Å². The number of nitrogens with one attached hydrogen (secondary N) is 3. The van der Waals surface area contributed by atoms with Gasteiger partial charge in [-0.2, -0.15) is 0 Å². The summed E-state index contributed by atoms with van der Waals surface area (Å²) in [6.07, 6.45) is 3.39. The number of ether oxygens (including phenoxy) is 2. The van der Waals surface area contributed by atoms with Crippen LogP contribution in [0.2, 0.25) is 0 Å². The quantitative estimate of drug-likeness (QED) is 0.442. The van der Waals surface area contributed by atoms with Crippen molar-refractivity contribution < 1.29 is 23.9 Å². The molecule has 0 fully saturated rings. The predicted molar refractivity (Wildman–Crippen MR) is 87.6 cm³/mol. The standard InChI is InChI=1S/C16H15N3O7/c1-9-4-10(5-12(20)17-9)7-25-14(22)2-3-15(23)26-8-11-6-13(21)19-16(24)18-11/h2-3,5-6H,1,4,7-8H2,(H,17,20)(H2,18,19,21,24)/b3-2+. The van der Waals surface area contributed by atoms with Crippen molar-refractivity contribution in [2.45, 2.75) is 13.0 Å². The number of esters is 2. The molecule has 1 aliphatic rings. The molecule has 0 saturated carbocycles. The van der Waals surface area contributed by atoms with Crippen molar-refractivity contribution in [3.8, 4) is 0 Å². The maximum absolute atomic E-state index is 11.6. The Labute approximate surface area is 146 Å². The summed E-state index contributed by atoms with van der Waals surface area (Å²) in [5.41, 5.74) is -0.184. The normalized spacial score (nSPS) is 13.9. The molecule has 2 rings (SSSR count). The Morgan fingerprint density at radius 1 is 1.08 bits per heavy atom. The Morgan fingerprint density at radius 3 is 2.35 bits per heavy atom. The molecule has 3 N–H and O–H groups in total. The minimum atomic E-state index is -0.868. The molecule has 0 aromatic carbocycles. The van der Waals surface area contributed by atoms with Gasteiger partial charge in [-0.15, -0.1) is 0 Å². The molecule has 0 aliphatic carbocycles. The van der Waals surface area contributed by atoms with Crippen molar-refractivity contribution in [3.63, 3.8) is 0 Å². The zero-order valence-corrected chi connectivity index (χ0v) is 13.5. The molecule has 26 heavy (non-hydrogen) atoms. The molecule has 2 heterocycles. The number of aromatic amines is 2. The van der Waals surface area contributed by atoms with Crippen LogP contribution in [-0.2, 0) is 30.5 Å². The molecule has 0 atom stereocenters. The van der Waals surface area contributed by atoms with E-state index in [1.807, 2.05) is 4.98 Å². The number of amides is 1. The number of H-pyrrole nitrogens is 2. The minimum absolute atomic E-state index is 0.103. The van der Waals surface area contributed by atoms with Gasteiger partial charge in [0.05, 0.1) is 5.69 Å². The molecule has 10 nitrogen and oxygen atoms in total. The summed E-state index contributed by atoms with van der Waals surface area (Å²) in [4.78, 5) is 60.7. The van der Waals surface area contributed by atoms with Gasteiger partial charge in [-0.1, -0.05) is 6.58 Å². The average molecular weight is 361 g/mol. The summed E-state index contributed by atoms with van der Waals surface area (Å²) in [5, 5.41) is 2.50. The first-order valence-electron chi connectivity index (χ1n) is 7.34. The first-order valence-corrected chi connectivity index (χ1v) is 7.34. The molecule has 1 aromatic rings. The number of carbonyl (C=O) groups is 3. The maximum atomic E-state index is 11.6. The number of rotatable bonds is 6. The summed E-state index contributed by atoms with van der Waals surface area (Å²) in [7, 11) is 0. The van der Waals surface area contributed by atoms with Crippen LogP contribution >= 0.6 is 0 Å². The van der Waals surface area contributed by atoms with Gasteiger partial charge in [0.1, 0.15) is 13.2 Å². The molecule has 0 saturated heterocycles. The van der Waals surface area contributed by atoms with Crippen LogP contribution in [0.15, 0.2) is 51.7 Å². The second-order valence-electron chi connectivity index (χ2n) is 5.23. The average Bonchev–Trinajstić information content (AvgIpc) is 2.54. The molecule has 10 heteroatoms. The Balaban J connectivity index is 1.79. The van der Waals surface area contributed by atoms with Gasteiger partial charge in [-0.3, -0.25) is 14.6 Å². The van der Waals surface area contributed by atoms with E-state index in [9.17, 15) is 24.0 Å². The first-order chi connectivity index (χ1) is 12.3. The lowest BCUT2D eigenvalue weighted by Gasteiger charge is -2.15. The lowest BCUT2D eigenvalue weighted by molar-refractivity contribution is -0.141. The van der Waals surface area contributed by atoms with Crippen LogP contribution in [0, 0.1) is 0 Å². The Morgan fingerprint density at radius 2 is 1.73 bits per heavy atom. The van der Waals surface area contributed by atoms with Gasteiger partial charge in [0.25, 0.3) is 5.56 Å². The molecule has 1 amide bonds. The van der Waals surface area contributed by atoms with Crippen LogP contribution in [0.3, 0.4) is 0 Å².